The average molecular weight is 472 g/mol. The number of primary amides is 1. The van der Waals surface area contributed by atoms with Gasteiger partial charge in [0.05, 0.1) is 12.2 Å². The molecule has 0 aliphatic carbocycles. The maximum absolute atomic E-state index is 12.6. The lowest BCUT2D eigenvalue weighted by molar-refractivity contribution is -0.133. The van der Waals surface area contributed by atoms with Crippen molar-refractivity contribution in [2.45, 2.75) is 32.2 Å². The Morgan fingerprint density at radius 3 is 2.23 bits per heavy atom. The van der Waals surface area contributed by atoms with Gasteiger partial charge in [0, 0.05) is 32.5 Å². The van der Waals surface area contributed by atoms with Gasteiger partial charge in [-0.1, -0.05) is 66.7 Å². The molecule has 1 aliphatic heterocycles. The number of carbonyl (C=O) groups is 2. The summed E-state index contributed by atoms with van der Waals surface area (Å²) < 4.78 is 6.14. The number of carbonyl (C=O) groups excluding carboxylic acids is 2. The van der Waals surface area contributed by atoms with Crippen LogP contribution in [0.3, 0.4) is 0 Å². The van der Waals surface area contributed by atoms with E-state index in [0.717, 1.165) is 37.4 Å². The highest BCUT2D eigenvalue weighted by Gasteiger charge is 2.18. The van der Waals surface area contributed by atoms with E-state index < -0.39 is 5.91 Å². The first-order valence-corrected chi connectivity index (χ1v) is 12.3. The van der Waals surface area contributed by atoms with Crippen molar-refractivity contribution in [3.05, 3.63) is 84.4 Å². The quantitative estimate of drug-likeness (QED) is 0.569. The van der Waals surface area contributed by atoms with Crippen molar-refractivity contribution in [3.8, 4) is 16.9 Å². The summed E-state index contributed by atoms with van der Waals surface area (Å²) in [5.74, 6) is 0.323. The van der Waals surface area contributed by atoms with E-state index in [0.29, 0.717) is 19.7 Å². The number of nitrogens with zero attached hydrogens (tertiary/aromatic N) is 2. The molecule has 0 spiro atoms. The number of anilines is 1. The van der Waals surface area contributed by atoms with Crippen LogP contribution in [0.1, 0.15) is 31.2 Å². The van der Waals surface area contributed by atoms with Gasteiger partial charge >= 0.3 is 0 Å². The summed E-state index contributed by atoms with van der Waals surface area (Å²) in [5, 5.41) is 0. The normalized spacial score (nSPS) is 14.4. The Morgan fingerprint density at radius 1 is 0.771 bits per heavy atom. The molecule has 0 saturated heterocycles. The molecule has 4 rings (SSSR count). The van der Waals surface area contributed by atoms with Gasteiger partial charge in [0.25, 0.3) is 0 Å². The number of benzene rings is 3. The number of fused-ring (bicyclic) bond motifs is 1. The van der Waals surface area contributed by atoms with Crippen molar-refractivity contribution in [1.82, 2.24) is 4.90 Å². The van der Waals surface area contributed by atoms with Crippen LogP contribution in [0.5, 0.6) is 5.75 Å². The van der Waals surface area contributed by atoms with Crippen molar-refractivity contribution < 1.29 is 14.3 Å². The number of para-hydroxylation sites is 2. The Bertz CT molecular complexity index is 1120. The van der Waals surface area contributed by atoms with Crippen LogP contribution in [0.2, 0.25) is 0 Å². The summed E-state index contributed by atoms with van der Waals surface area (Å²) in [6, 6.07) is 27.2. The highest BCUT2D eigenvalue weighted by atomic mass is 16.5. The molecule has 0 saturated carbocycles. The van der Waals surface area contributed by atoms with Crippen LogP contribution in [0.25, 0.3) is 11.1 Å². The zero-order valence-corrected chi connectivity index (χ0v) is 20.1. The summed E-state index contributed by atoms with van der Waals surface area (Å²) in [4.78, 5) is 27.8. The first-order chi connectivity index (χ1) is 17.1. The molecule has 6 heteroatoms. The Hall–Kier alpha value is -3.80. The van der Waals surface area contributed by atoms with E-state index in [9.17, 15) is 9.59 Å². The van der Waals surface area contributed by atoms with Crippen molar-refractivity contribution in [2.75, 3.05) is 31.1 Å². The number of ether oxygens (including phenoxy) is 1. The van der Waals surface area contributed by atoms with Crippen molar-refractivity contribution in [2.24, 2.45) is 5.73 Å². The molecule has 182 valence electrons. The molecule has 3 aromatic rings. The van der Waals surface area contributed by atoms with Gasteiger partial charge in [0.2, 0.25) is 11.8 Å². The van der Waals surface area contributed by atoms with Crippen LogP contribution >= 0.6 is 0 Å². The largest absolute Gasteiger partial charge is 0.490 e. The zero-order valence-electron chi connectivity index (χ0n) is 20.1. The fourth-order valence-electron chi connectivity index (χ4n) is 4.40. The van der Waals surface area contributed by atoms with E-state index in [1.807, 2.05) is 24.3 Å². The van der Waals surface area contributed by atoms with Crippen molar-refractivity contribution in [1.29, 1.82) is 0 Å². The maximum Gasteiger partial charge on any atom is 0.223 e. The fourth-order valence-corrected chi connectivity index (χ4v) is 4.40. The van der Waals surface area contributed by atoms with Crippen LogP contribution in [0, 0.1) is 0 Å². The molecule has 35 heavy (non-hydrogen) atoms. The predicted octanol–water partition coefficient (Wildman–Crippen LogP) is 4.63. The summed E-state index contributed by atoms with van der Waals surface area (Å²) in [7, 11) is 0. The molecule has 0 aromatic heterocycles. The van der Waals surface area contributed by atoms with Crippen LogP contribution < -0.4 is 15.4 Å². The molecule has 3 aromatic carbocycles. The monoisotopic (exact) mass is 471 g/mol. The first-order valence-electron chi connectivity index (χ1n) is 12.3. The van der Waals surface area contributed by atoms with Gasteiger partial charge in [-0.05, 0) is 41.7 Å². The summed E-state index contributed by atoms with van der Waals surface area (Å²) in [6.07, 6.45) is 2.05. The highest BCUT2D eigenvalue weighted by molar-refractivity contribution is 5.82. The van der Waals surface area contributed by atoms with E-state index in [4.69, 9.17) is 10.5 Å². The second-order valence-electron chi connectivity index (χ2n) is 8.85. The van der Waals surface area contributed by atoms with E-state index >= 15 is 0 Å². The third-order valence-corrected chi connectivity index (χ3v) is 6.30. The minimum atomic E-state index is -0.450. The van der Waals surface area contributed by atoms with E-state index in [1.54, 1.807) is 4.90 Å². The van der Waals surface area contributed by atoms with Crippen molar-refractivity contribution >= 4 is 17.5 Å². The topological polar surface area (TPSA) is 75.9 Å². The third-order valence-electron chi connectivity index (χ3n) is 6.30. The molecule has 0 bridgehead atoms. The maximum atomic E-state index is 12.6. The number of nitrogens with two attached hydrogens (primary N) is 1. The average Bonchev–Trinajstić information content (AvgIpc) is 2.92. The third kappa shape index (κ3) is 6.85. The molecule has 2 N–H and O–H groups in total. The van der Waals surface area contributed by atoms with Gasteiger partial charge in [-0.3, -0.25) is 9.59 Å². The predicted molar refractivity (Wildman–Crippen MR) is 139 cm³/mol. The van der Waals surface area contributed by atoms with E-state index in [-0.39, 0.29) is 18.7 Å². The van der Waals surface area contributed by atoms with Crippen LogP contribution in [0.15, 0.2) is 78.9 Å². The number of rotatable bonds is 6. The standard InChI is InChI=1S/C29H33N3O3/c30-28(33)16-17-29(34)31-18-6-7-19-32(26-10-4-5-11-27(26)35-21-20-31)22-23-12-14-25(15-13-23)24-8-2-1-3-9-24/h1-5,8-15H,6-7,16-22H2,(H2,30,33). The Kier molecular flexibility index (Phi) is 8.39. The lowest BCUT2D eigenvalue weighted by Gasteiger charge is -2.27. The lowest BCUT2D eigenvalue weighted by atomic mass is 10.0. The lowest BCUT2D eigenvalue weighted by Crippen LogP contribution is -2.36. The van der Waals surface area contributed by atoms with E-state index in [2.05, 4.69) is 59.5 Å². The molecule has 1 heterocycles. The SMILES string of the molecule is NC(=O)CCC(=O)N1CCCCN(Cc2ccc(-c3ccccc3)cc2)c2ccccc2OCC1. The highest BCUT2D eigenvalue weighted by Crippen LogP contribution is 2.30. The molecule has 6 nitrogen and oxygen atoms in total. The fraction of sp³-hybridized carbons (Fsp3) is 0.310. The minimum absolute atomic E-state index is 0.0460. The number of amides is 2. The minimum Gasteiger partial charge on any atom is -0.490 e. The van der Waals surface area contributed by atoms with E-state index in [1.165, 1.54) is 16.7 Å². The Morgan fingerprint density at radius 2 is 1.46 bits per heavy atom. The zero-order chi connectivity index (χ0) is 24.5. The van der Waals surface area contributed by atoms with Crippen LogP contribution in [-0.2, 0) is 16.1 Å². The van der Waals surface area contributed by atoms with Gasteiger partial charge in [-0.15, -0.1) is 0 Å². The molecule has 1 aliphatic rings. The molecule has 0 radical (unpaired) electrons. The van der Waals surface area contributed by atoms with Gasteiger partial charge < -0.3 is 20.3 Å². The molecular formula is C29H33N3O3. The summed E-state index contributed by atoms with van der Waals surface area (Å²) in [6.45, 7) is 3.17. The van der Waals surface area contributed by atoms with Crippen LogP contribution in [-0.4, -0.2) is 43.0 Å². The molecule has 0 unspecified atom stereocenters. The number of hydrogen-bond acceptors (Lipinski definition) is 4. The Balaban J connectivity index is 1.47. The molecular weight excluding hydrogens is 438 g/mol. The molecule has 0 fully saturated rings. The second kappa shape index (κ2) is 12.1. The first kappa shape index (κ1) is 24.3. The smallest absolute Gasteiger partial charge is 0.223 e. The Labute approximate surface area is 207 Å². The van der Waals surface area contributed by atoms with Crippen molar-refractivity contribution in [3.63, 3.8) is 0 Å². The second-order valence-corrected chi connectivity index (χ2v) is 8.85. The summed E-state index contributed by atoms with van der Waals surface area (Å²) >= 11 is 0. The molecule has 2 amide bonds. The van der Waals surface area contributed by atoms with Gasteiger partial charge in [0.1, 0.15) is 12.4 Å². The summed E-state index contributed by atoms with van der Waals surface area (Å²) in [5.41, 5.74) is 9.94. The van der Waals surface area contributed by atoms with Crippen LogP contribution in [0.4, 0.5) is 5.69 Å². The van der Waals surface area contributed by atoms with Gasteiger partial charge in [0.15, 0.2) is 0 Å². The number of hydrogen-bond donors (Lipinski definition) is 1. The van der Waals surface area contributed by atoms with Gasteiger partial charge in [-0.2, -0.15) is 0 Å². The van der Waals surface area contributed by atoms with Gasteiger partial charge in [-0.25, -0.2) is 0 Å². The molecule has 0 atom stereocenters.